The van der Waals surface area contributed by atoms with Crippen LogP contribution in [-0.4, -0.2) is 39.7 Å². The molecule has 0 unspecified atom stereocenters. The van der Waals surface area contributed by atoms with Gasteiger partial charge in [-0.05, 0) is 60.7 Å². The van der Waals surface area contributed by atoms with E-state index < -0.39 is 12.0 Å². The van der Waals surface area contributed by atoms with E-state index in [1.54, 1.807) is 37.3 Å². The van der Waals surface area contributed by atoms with Gasteiger partial charge in [0.1, 0.15) is 0 Å². The first-order chi connectivity index (χ1) is 17.1. The zero-order valence-electron chi connectivity index (χ0n) is 20.5. The van der Waals surface area contributed by atoms with Crippen LogP contribution < -0.4 is 16.4 Å². The van der Waals surface area contributed by atoms with Crippen molar-refractivity contribution in [3.05, 3.63) is 94.0 Å². The van der Waals surface area contributed by atoms with E-state index in [1.807, 2.05) is 31.2 Å². The summed E-state index contributed by atoms with van der Waals surface area (Å²) in [4.78, 5) is 23.6. The third-order valence-corrected chi connectivity index (χ3v) is 6.10. The second kappa shape index (κ2) is 12.2. The second-order valence-electron chi connectivity index (χ2n) is 9.01. The fourth-order valence-electron chi connectivity index (χ4n) is 4.01. The number of phenolic OH excluding ortho intramolecular Hbond substituents is 2. The molecule has 0 fully saturated rings. The van der Waals surface area contributed by atoms with E-state index in [9.17, 15) is 24.9 Å². The summed E-state index contributed by atoms with van der Waals surface area (Å²) in [5, 5.41) is 36.2. The molecule has 0 aliphatic rings. The van der Waals surface area contributed by atoms with Crippen molar-refractivity contribution in [2.75, 3.05) is 6.54 Å². The molecule has 190 valence electrons. The highest BCUT2D eigenvalue weighted by atomic mass is 16.3. The van der Waals surface area contributed by atoms with E-state index >= 15 is 0 Å². The van der Waals surface area contributed by atoms with Crippen LogP contribution in [0.5, 0.6) is 11.5 Å². The number of aliphatic hydroxyl groups excluding tert-OH is 1. The molecule has 0 aliphatic carbocycles. The molecule has 36 heavy (non-hydrogen) atoms. The molecule has 0 spiro atoms. The van der Waals surface area contributed by atoms with Gasteiger partial charge in [-0.15, -0.1) is 0 Å². The zero-order valence-corrected chi connectivity index (χ0v) is 20.5. The van der Waals surface area contributed by atoms with Gasteiger partial charge < -0.3 is 31.7 Å². The van der Waals surface area contributed by atoms with Gasteiger partial charge in [0.05, 0.1) is 12.5 Å². The number of hydrogen-bond acceptors (Lipinski definition) is 6. The Morgan fingerprint density at radius 1 is 0.972 bits per heavy atom. The minimum Gasteiger partial charge on any atom is -0.504 e. The van der Waals surface area contributed by atoms with E-state index in [1.165, 1.54) is 6.07 Å². The number of benzene rings is 3. The van der Waals surface area contributed by atoms with Crippen LogP contribution in [-0.2, 0) is 24.2 Å². The van der Waals surface area contributed by atoms with Crippen LogP contribution in [0.1, 0.15) is 51.2 Å². The normalized spacial score (nSPS) is 12.6. The van der Waals surface area contributed by atoms with Gasteiger partial charge in [0, 0.05) is 30.3 Å². The van der Waals surface area contributed by atoms with Crippen molar-refractivity contribution in [1.29, 1.82) is 0 Å². The number of aliphatic hydroxyl groups is 1. The first kappa shape index (κ1) is 26.7. The average Bonchev–Trinajstić information content (AvgIpc) is 2.85. The number of carbonyl (C=O) groups is 2. The Morgan fingerprint density at radius 2 is 1.67 bits per heavy atom. The van der Waals surface area contributed by atoms with Crippen LogP contribution in [0.3, 0.4) is 0 Å². The van der Waals surface area contributed by atoms with E-state index in [0.717, 1.165) is 16.7 Å². The Labute approximate surface area is 210 Å². The van der Waals surface area contributed by atoms with Gasteiger partial charge in [0.15, 0.2) is 11.5 Å². The molecule has 3 aromatic rings. The molecule has 0 aliphatic heterocycles. The van der Waals surface area contributed by atoms with Gasteiger partial charge in [0.25, 0.3) is 0 Å². The molecule has 0 bridgehead atoms. The van der Waals surface area contributed by atoms with Crippen molar-refractivity contribution in [1.82, 2.24) is 10.6 Å². The van der Waals surface area contributed by atoms with E-state index in [4.69, 9.17) is 5.73 Å². The quantitative estimate of drug-likeness (QED) is 0.228. The lowest BCUT2D eigenvalue weighted by atomic mass is 10.0. The highest BCUT2D eigenvalue weighted by Crippen LogP contribution is 2.33. The number of primary amides is 1. The number of hydrogen-bond donors (Lipinski definition) is 6. The van der Waals surface area contributed by atoms with Crippen LogP contribution >= 0.6 is 0 Å². The average molecular weight is 492 g/mol. The van der Waals surface area contributed by atoms with Crippen molar-refractivity contribution >= 4 is 11.8 Å². The minimum atomic E-state index is -0.832. The number of phenols is 2. The molecule has 3 rings (SSSR count). The van der Waals surface area contributed by atoms with Crippen LogP contribution in [0.25, 0.3) is 0 Å². The van der Waals surface area contributed by atoms with Gasteiger partial charge in [-0.2, -0.15) is 0 Å². The molecule has 2 amide bonds. The molecule has 8 nitrogen and oxygen atoms in total. The topological polar surface area (TPSA) is 145 Å². The monoisotopic (exact) mass is 491 g/mol. The number of rotatable bonds is 11. The predicted octanol–water partition coefficient (Wildman–Crippen LogP) is 2.62. The summed E-state index contributed by atoms with van der Waals surface area (Å²) in [5.74, 6) is -1.02. The van der Waals surface area contributed by atoms with E-state index in [-0.39, 0.29) is 36.4 Å². The molecule has 0 aromatic heterocycles. The zero-order chi connectivity index (χ0) is 26.2. The van der Waals surface area contributed by atoms with Crippen LogP contribution in [0.4, 0.5) is 0 Å². The minimum absolute atomic E-state index is 0.0538. The highest BCUT2D eigenvalue weighted by molar-refractivity contribution is 5.92. The van der Waals surface area contributed by atoms with Gasteiger partial charge in [-0.3, -0.25) is 9.59 Å². The fraction of sp³-hybridized carbons (Fsp3) is 0.286. The molecule has 0 saturated heterocycles. The number of nitrogens with two attached hydrogens (primary N) is 1. The van der Waals surface area contributed by atoms with Crippen molar-refractivity contribution in [3.63, 3.8) is 0 Å². The Bertz CT molecular complexity index is 1210. The molecule has 0 heterocycles. The fourth-order valence-corrected chi connectivity index (χ4v) is 4.01. The molecular weight excluding hydrogens is 458 g/mol. The standard InChI is InChI=1S/C28H33N3O5/c1-17(30-16-25(33)23-10-11-24(32)27(35)18(23)2)12-20-4-3-5-21(13-20)14-26(34)31-15-19-6-8-22(9-7-19)28(29)36/h3-11,13,17,25,30,32-33,35H,12,14-16H2,1-2H3,(H2,29,36)(H,31,34)/t17-,25+/m1/s1. The SMILES string of the molecule is Cc1c([C@@H](O)CN[C@H](C)Cc2cccc(CC(=O)NCc3ccc(C(N)=O)cc3)c2)ccc(O)c1O. The summed E-state index contributed by atoms with van der Waals surface area (Å²) in [6, 6.07) is 17.6. The van der Waals surface area contributed by atoms with E-state index in [2.05, 4.69) is 10.6 Å². The summed E-state index contributed by atoms with van der Waals surface area (Å²) in [6.07, 6.45) is 0.118. The van der Waals surface area contributed by atoms with Gasteiger partial charge in [-0.1, -0.05) is 42.5 Å². The van der Waals surface area contributed by atoms with Gasteiger partial charge >= 0.3 is 0 Å². The Balaban J connectivity index is 1.48. The predicted molar refractivity (Wildman–Crippen MR) is 138 cm³/mol. The number of amides is 2. The number of carbonyl (C=O) groups excluding carboxylic acids is 2. The van der Waals surface area contributed by atoms with Gasteiger partial charge in [-0.25, -0.2) is 0 Å². The Kier molecular flexibility index (Phi) is 9.05. The van der Waals surface area contributed by atoms with Crippen LogP contribution in [0.15, 0.2) is 60.7 Å². The summed E-state index contributed by atoms with van der Waals surface area (Å²) in [5.41, 5.74) is 9.52. The summed E-state index contributed by atoms with van der Waals surface area (Å²) in [7, 11) is 0. The van der Waals surface area contributed by atoms with Crippen LogP contribution in [0.2, 0.25) is 0 Å². The third kappa shape index (κ3) is 7.31. The second-order valence-corrected chi connectivity index (χ2v) is 9.01. The lowest BCUT2D eigenvalue weighted by molar-refractivity contribution is -0.120. The molecular formula is C28H33N3O5. The maximum Gasteiger partial charge on any atom is 0.248 e. The Morgan fingerprint density at radius 3 is 2.36 bits per heavy atom. The largest absolute Gasteiger partial charge is 0.504 e. The van der Waals surface area contributed by atoms with Crippen molar-refractivity contribution < 1.29 is 24.9 Å². The van der Waals surface area contributed by atoms with Gasteiger partial charge in [0.2, 0.25) is 11.8 Å². The number of nitrogens with one attached hydrogen (secondary N) is 2. The molecule has 7 N–H and O–H groups in total. The Hall–Kier alpha value is -3.88. The first-order valence-corrected chi connectivity index (χ1v) is 11.8. The third-order valence-electron chi connectivity index (χ3n) is 6.10. The summed E-state index contributed by atoms with van der Waals surface area (Å²) >= 11 is 0. The molecule has 0 radical (unpaired) electrons. The van der Waals surface area contributed by atoms with Crippen molar-refractivity contribution in [2.24, 2.45) is 5.73 Å². The smallest absolute Gasteiger partial charge is 0.248 e. The lowest BCUT2D eigenvalue weighted by Crippen LogP contribution is -2.32. The lowest BCUT2D eigenvalue weighted by Gasteiger charge is -2.19. The van der Waals surface area contributed by atoms with Crippen molar-refractivity contribution in [2.45, 2.75) is 45.4 Å². The number of aromatic hydroxyl groups is 2. The summed E-state index contributed by atoms with van der Waals surface area (Å²) in [6.45, 7) is 4.31. The maximum atomic E-state index is 12.4. The molecule has 0 saturated carbocycles. The maximum absolute atomic E-state index is 12.4. The van der Waals surface area contributed by atoms with Crippen LogP contribution in [0, 0.1) is 6.92 Å². The molecule has 3 aromatic carbocycles. The summed E-state index contributed by atoms with van der Waals surface area (Å²) < 4.78 is 0. The van der Waals surface area contributed by atoms with Crippen molar-refractivity contribution in [3.8, 4) is 11.5 Å². The first-order valence-electron chi connectivity index (χ1n) is 11.8. The highest BCUT2D eigenvalue weighted by Gasteiger charge is 2.16. The van der Waals surface area contributed by atoms with E-state index in [0.29, 0.717) is 29.7 Å². The molecule has 8 heteroatoms. The molecule has 2 atom stereocenters.